The Balaban J connectivity index is 1.30. The maximum Gasteiger partial charge on any atom is 0.410 e. The van der Waals surface area contributed by atoms with E-state index < -0.39 is 29.9 Å². The average Bonchev–Trinajstić information content (AvgIpc) is 3.48. The van der Waals surface area contributed by atoms with Crippen LogP contribution in [0.2, 0.25) is 0 Å². The van der Waals surface area contributed by atoms with Crippen molar-refractivity contribution in [2.24, 2.45) is 0 Å². The summed E-state index contributed by atoms with van der Waals surface area (Å²) in [4.78, 5) is 20.4. The second kappa shape index (κ2) is 9.03. The van der Waals surface area contributed by atoms with Crippen LogP contribution in [-0.2, 0) is 4.74 Å². The van der Waals surface area contributed by atoms with E-state index in [4.69, 9.17) is 4.74 Å². The molecule has 10 nitrogen and oxygen atoms in total. The number of fused-ring (bicyclic) bond motifs is 2. The van der Waals surface area contributed by atoms with Crippen molar-refractivity contribution in [3.63, 3.8) is 0 Å². The van der Waals surface area contributed by atoms with Gasteiger partial charge in [0.1, 0.15) is 23.2 Å². The third-order valence-electron chi connectivity index (χ3n) is 6.87. The summed E-state index contributed by atoms with van der Waals surface area (Å²) in [5.74, 6) is 0.326. The summed E-state index contributed by atoms with van der Waals surface area (Å²) in [6, 6.07) is 4.10. The van der Waals surface area contributed by atoms with Crippen LogP contribution in [0.5, 0.6) is 5.75 Å². The molecular weight excluding hydrogens is 465 g/mol. The topological polar surface area (TPSA) is 120 Å². The molecule has 2 aromatic heterocycles. The Morgan fingerprint density at radius 2 is 2.03 bits per heavy atom. The fraction of sp³-hybridized carbons (Fsp3) is 0.480. The first-order valence-electron chi connectivity index (χ1n) is 12.0. The van der Waals surface area contributed by atoms with E-state index in [9.17, 15) is 9.90 Å². The molecule has 0 spiro atoms. The zero-order valence-electron chi connectivity index (χ0n) is 20.7. The van der Waals surface area contributed by atoms with Gasteiger partial charge in [0.15, 0.2) is 0 Å². The van der Waals surface area contributed by atoms with Crippen LogP contribution >= 0.6 is 0 Å². The number of nitrogens with zero attached hydrogens (tertiary/aromatic N) is 6. The van der Waals surface area contributed by atoms with Crippen LogP contribution in [0.15, 0.2) is 36.8 Å². The van der Waals surface area contributed by atoms with Gasteiger partial charge in [0.05, 0.1) is 24.5 Å². The molecule has 4 heterocycles. The maximum atomic E-state index is 15.7. The van der Waals surface area contributed by atoms with Crippen LogP contribution in [0.1, 0.15) is 40.0 Å². The smallest absolute Gasteiger partial charge is 0.410 e. The monoisotopic (exact) mass is 495 g/mol. The van der Waals surface area contributed by atoms with Crippen molar-refractivity contribution in [3.05, 3.63) is 36.8 Å². The number of benzene rings is 1. The molecule has 4 atom stereocenters. The third-order valence-corrected chi connectivity index (χ3v) is 6.87. The van der Waals surface area contributed by atoms with Gasteiger partial charge in [0.2, 0.25) is 5.95 Å². The van der Waals surface area contributed by atoms with Gasteiger partial charge in [0, 0.05) is 30.4 Å². The number of piperidine rings is 1. The van der Waals surface area contributed by atoms with Crippen LogP contribution in [-0.4, -0.2) is 78.4 Å². The van der Waals surface area contributed by atoms with Crippen LogP contribution in [0.25, 0.3) is 22.4 Å². The van der Waals surface area contributed by atoms with Gasteiger partial charge < -0.3 is 14.7 Å². The van der Waals surface area contributed by atoms with Crippen molar-refractivity contribution < 1.29 is 19.0 Å². The number of alkyl halides is 1. The first kappa shape index (κ1) is 24.0. The van der Waals surface area contributed by atoms with Crippen molar-refractivity contribution in [2.45, 2.75) is 69.9 Å². The summed E-state index contributed by atoms with van der Waals surface area (Å²) in [7, 11) is 1.74. The Hall–Kier alpha value is -3.76. The van der Waals surface area contributed by atoms with Gasteiger partial charge in [-0.05, 0) is 57.7 Å². The largest absolute Gasteiger partial charge is 0.507 e. The number of phenols is 1. The van der Waals surface area contributed by atoms with Gasteiger partial charge in [-0.15, -0.1) is 10.2 Å². The lowest BCUT2D eigenvalue weighted by Crippen LogP contribution is -2.59. The van der Waals surface area contributed by atoms with E-state index in [-0.39, 0.29) is 17.7 Å². The van der Waals surface area contributed by atoms with E-state index in [0.717, 1.165) is 17.5 Å². The molecule has 0 aliphatic carbocycles. The van der Waals surface area contributed by atoms with Gasteiger partial charge in [0.25, 0.3) is 0 Å². The van der Waals surface area contributed by atoms with Crippen LogP contribution in [0.3, 0.4) is 0 Å². The second-order valence-electron chi connectivity index (χ2n) is 10.4. The molecule has 2 N–H and O–H groups in total. The molecule has 11 heteroatoms. The molecule has 2 aliphatic rings. The zero-order valence-corrected chi connectivity index (χ0v) is 20.7. The predicted molar refractivity (Wildman–Crippen MR) is 131 cm³/mol. The fourth-order valence-corrected chi connectivity index (χ4v) is 5.13. The fourth-order valence-electron chi connectivity index (χ4n) is 5.13. The average molecular weight is 496 g/mol. The van der Waals surface area contributed by atoms with Gasteiger partial charge in [-0.3, -0.25) is 10.00 Å². The number of phenolic OH excluding ortho intramolecular Hbond substituents is 1. The summed E-state index contributed by atoms with van der Waals surface area (Å²) in [5.41, 5.74) is 1.92. The minimum atomic E-state index is -1.27. The highest BCUT2D eigenvalue weighted by atomic mass is 19.1. The lowest BCUT2D eigenvalue weighted by atomic mass is 9.94. The number of amides is 1. The highest BCUT2D eigenvalue weighted by Gasteiger charge is 2.52. The second-order valence-corrected chi connectivity index (χ2v) is 10.4. The van der Waals surface area contributed by atoms with E-state index >= 15 is 4.39 Å². The summed E-state index contributed by atoms with van der Waals surface area (Å²) >= 11 is 0. The molecule has 0 unspecified atom stereocenters. The van der Waals surface area contributed by atoms with Crippen molar-refractivity contribution >= 4 is 12.0 Å². The number of hydrogen-bond acceptors (Lipinski definition) is 8. The minimum Gasteiger partial charge on any atom is -0.507 e. The Kier molecular flexibility index (Phi) is 6.01. The summed E-state index contributed by atoms with van der Waals surface area (Å²) in [6.45, 7) is 5.42. The normalized spacial score (nSPS) is 23.5. The lowest BCUT2D eigenvalue weighted by molar-refractivity contribution is -0.0104. The number of carbonyl (C=O) groups is 1. The van der Waals surface area contributed by atoms with Crippen LogP contribution < -0.4 is 4.90 Å². The molecule has 1 aromatic carbocycles. The number of nitrogens with one attached hydrogen (secondary N) is 1. The molecule has 0 radical (unpaired) electrons. The Bertz CT molecular complexity index is 1230. The van der Waals surface area contributed by atoms with Crippen molar-refractivity contribution in [1.82, 2.24) is 30.3 Å². The number of anilines is 1. The number of aromatic amines is 1. The molecule has 2 bridgehead atoms. The van der Waals surface area contributed by atoms with E-state index in [2.05, 4.69) is 25.4 Å². The standard InChI is InChI=1S/C25H30FN7O3/c1-25(2,3)36-24(35)33-16-6-8-19(33)22(26)20(10-16)32(4)23-27-13-18(30-31-23)17-7-5-14(9-21(17)34)15-11-28-29-12-15/h5,7,9,11-13,16,19-20,22,34H,6,8,10H2,1-4H3,(H,28,29)/t16-,19+,20-,22+/m0/s1. The predicted octanol–water partition coefficient (Wildman–Crippen LogP) is 3.95. The summed E-state index contributed by atoms with van der Waals surface area (Å²) in [6.07, 6.45) is 4.98. The highest BCUT2D eigenvalue weighted by Crippen LogP contribution is 2.40. The molecule has 1 amide bonds. The van der Waals surface area contributed by atoms with Crippen molar-refractivity contribution in [2.75, 3.05) is 11.9 Å². The molecule has 3 aromatic rings. The van der Waals surface area contributed by atoms with E-state index in [1.54, 1.807) is 41.4 Å². The third kappa shape index (κ3) is 4.45. The first-order valence-corrected chi connectivity index (χ1v) is 12.0. The molecule has 36 heavy (non-hydrogen) atoms. The molecule has 2 aliphatic heterocycles. The number of carbonyl (C=O) groups excluding carboxylic acids is 1. The number of H-pyrrole nitrogens is 1. The number of rotatable bonds is 4. The van der Waals surface area contributed by atoms with Crippen LogP contribution in [0.4, 0.5) is 15.1 Å². The number of aromatic hydroxyl groups is 1. The maximum absolute atomic E-state index is 15.7. The highest BCUT2D eigenvalue weighted by molar-refractivity contribution is 5.73. The van der Waals surface area contributed by atoms with E-state index in [1.807, 2.05) is 26.8 Å². The number of ether oxygens (including phenoxy) is 1. The van der Waals surface area contributed by atoms with Gasteiger partial charge in [-0.1, -0.05) is 6.07 Å². The molecule has 2 fully saturated rings. The molecule has 0 saturated carbocycles. The molecule has 5 rings (SSSR count). The Morgan fingerprint density at radius 3 is 2.67 bits per heavy atom. The van der Waals surface area contributed by atoms with Gasteiger partial charge in [-0.25, -0.2) is 14.2 Å². The van der Waals surface area contributed by atoms with Gasteiger partial charge in [-0.2, -0.15) is 5.10 Å². The quantitative estimate of drug-likeness (QED) is 0.558. The number of aromatic nitrogens is 5. The molecular formula is C25H30FN7O3. The Labute approximate surface area is 208 Å². The van der Waals surface area contributed by atoms with E-state index in [0.29, 0.717) is 24.1 Å². The number of hydrogen-bond donors (Lipinski definition) is 2. The SMILES string of the molecule is CN(c1ncc(-c2ccc(-c3cn[nH]c3)cc2O)nn1)[C@H]1C[C@@H]2CC[C@H]([C@H]1F)N2C(=O)OC(C)(C)C. The first-order chi connectivity index (χ1) is 17.1. The molecule has 190 valence electrons. The van der Waals surface area contributed by atoms with Crippen LogP contribution in [0, 0.1) is 0 Å². The van der Waals surface area contributed by atoms with E-state index in [1.165, 1.54) is 6.20 Å². The zero-order chi connectivity index (χ0) is 25.6. The van der Waals surface area contributed by atoms with Crippen molar-refractivity contribution in [1.29, 1.82) is 0 Å². The summed E-state index contributed by atoms with van der Waals surface area (Å²) in [5, 5.41) is 25.7. The Morgan fingerprint density at radius 1 is 1.22 bits per heavy atom. The van der Waals surface area contributed by atoms with Crippen molar-refractivity contribution in [3.8, 4) is 28.1 Å². The molecule has 2 saturated heterocycles. The number of halogens is 1. The minimum absolute atomic E-state index is 0.0424. The van der Waals surface area contributed by atoms with Gasteiger partial charge >= 0.3 is 6.09 Å². The lowest BCUT2D eigenvalue weighted by Gasteiger charge is -2.44. The summed E-state index contributed by atoms with van der Waals surface area (Å²) < 4.78 is 21.2.